The lowest BCUT2D eigenvalue weighted by atomic mass is 9.94. The van der Waals surface area contributed by atoms with Gasteiger partial charge in [-0.05, 0) is 35.6 Å². The second-order valence-electron chi connectivity index (χ2n) is 11.3. The van der Waals surface area contributed by atoms with Gasteiger partial charge in [-0.2, -0.15) is 0 Å². The van der Waals surface area contributed by atoms with Crippen molar-refractivity contribution >= 4 is 17.9 Å². The number of hydrogen-bond acceptors (Lipinski definition) is 9. The highest BCUT2D eigenvalue weighted by Crippen LogP contribution is 2.16. The maximum atomic E-state index is 13.9. The fraction of sp³-hybridized carbons (Fsp3) is 0.531. The Balaban J connectivity index is 1.59. The van der Waals surface area contributed by atoms with E-state index in [1.807, 2.05) is 68.4 Å². The van der Waals surface area contributed by atoms with Crippen LogP contribution in [-0.2, 0) is 36.8 Å². The highest BCUT2D eigenvalue weighted by atomic mass is 16.6. The van der Waals surface area contributed by atoms with Crippen molar-refractivity contribution in [2.75, 3.05) is 39.6 Å². The lowest BCUT2D eigenvalue weighted by Crippen LogP contribution is -2.62. The summed E-state index contributed by atoms with van der Waals surface area (Å²) in [5.74, 6) is -0.523. The predicted octanol–water partition coefficient (Wildman–Crippen LogP) is 1.30. The standard InChI is InChI=1S/C32H44N4O8/c1-21(2)27-30(38)33-13-15-41-16-17-43-24-10-8-23(9-11-24)19-34-28(31(39)36-27)29(37)26(18-22-6-4-3-5-7-22)35-32(40)44-25-12-14-42-20-25/h3-11,21,25-29,34,37H,12-20H2,1-2H3,(H,33,38)(H,35,40)(H,36,39)/t25?,26-,27-,28+,29+/m0/s1. The number of amides is 3. The second kappa shape index (κ2) is 17.0. The van der Waals surface area contributed by atoms with Gasteiger partial charge in [-0.25, -0.2) is 4.79 Å². The largest absolute Gasteiger partial charge is 0.491 e. The van der Waals surface area contributed by atoms with E-state index in [2.05, 4.69) is 21.3 Å². The van der Waals surface area contributed by atoms with Crippen molar-refractivity contribution in [1.82, 2.24) is 21.3 Å². The zero-order valence-corrected chi connectivity index (χ0v) is 25.3. The number of alkyl carbamates (subject to hydrolysis) is 1. The van der Waals surface area contributed by atoms with Crippen molar-refractivity contribution in [1.29, 1.82) is 0 Å². The quantitative estimate of drug-likeness (QED) is 0.291. The molecule has 0 aliphatic carbocycles. The number of nitrogens with one attached hydrogen (secondary N) is 4. The number of carbonyl (C=O) groups is 3. The van der Waals surface area contributed by atoms with Crippen LogP contribution >= 0.6 is 0 Å². The predicted molar refractivity (Wildman–Crippen MR) is 162 cm³/mol. The van der Waals surface area contributed by atoms with Gasteiger partial charge in [0, 0.05) is 19.5 Å². The molecule has 2 bridgehead atoms. The zero-order valence-electron chi connectivity index (χ0n) is 25.3. The molecule has 3 amide bonds. The minimum atomic E-state index is -1.40. The van der Waals surface area contributed by atoms with Crippen LogP contribution in [-0.4, -0.2) is 92.9 Å². The smallest absolute Gasteiger partial charge is 0.407 e. The van der Waals surface area contributed by atoms with Gasteiger partial charge in [0.1, 0.15) is 30.5 Å². The summed E-state index contributed by atoms with van der Waals surface area (Å²) in [6.07, 6.45) is -1.69. The van der Waals surface area contributed by atoms with E-state index in [-0.39, 0.29) is 44.0 Å². The molecule has 5 rings (SSSR count). The summed E-state index contributed by atoms with van der Waals surface area (Å²) in [7, 11) is 0. The zero-order chi connectivity index (χ0) is 31.3. The molecule has 12 nitrogen and oxygen atoms in total. The molecule has 1 fully saturated rings. The highest BCUT2D eigenvalue weighted by molar-refractivity contribution is 5.90. The summed E-state index contributed by atoms with van der Waals surface area (Å²) < 4.78 is 22.1. The molecule has 3 aliphatic heterocycles. The SMILES string of the molecule is CC(C)[C@@H]1NC(=O)[C@@H]([C@H](O)[C@H](Cc2ccccc2)NC(=O)OC2CCOC2)NCc2ccc(cc2)OCCOCCNC1=O. The third-order valence-electron chi connectivity index (χ3n) is 7.54. The molecule has 0 radical (unpaired) electrons. The maximum absolute atomic E-state index is 13.9. The fourth-order valence-corrected chi connectivity index (χ4v) is 5.05. The van der Waals surface area contributed by atoms with E-state index in [1.165, 1.54) is 0 Å². The van der Waals surface area contributed by atoms with Crippen LogP contribution in [0.2, 0.25) is 0 Å². The van der Waals surface area contributed by atoms with Crippen LogP contribution in [0.4, 0.5) is 4.79 Å². The number of fused-ring (bicyclic) bond motifs is 15. The minimum absolute atomic E-state index is 0.221. The molecule has 5 N–H and O–H groups in total. The number of benzene rings is 2. The Hall–Kier alpha value is -3.71. The van der Waals surface area contributed by atoms with Crippen LogP contribution in [0.3, 0.4) is 0 Å². The lowest BCUT2D eigenvalue weighted by Gasteiger charge is -2.32. The van der Waals surface area contributed by atoms with Crippen molar-refractivity contribution in [3.05, 3.63) is 65.7 Å². The molecule has 1 saturated heterocycles. The first kappa shape index (κ1) is 33.2. The molecule has 0 saturated carbocycles. The van der Waals surface area contributed by atoms with Gasteiger partial charge in [-0.1, -0.05) is 56.3 Å². The van der Waals surface area contributed by atoms with Gasteiger partial charge < -0.3 is 40.0 Å². The summed E-state index contributed by atoms with van der Waals surface area (Å²) in [6, 6.07) is 13.7. The molecule has 240 valence electrons. The van der Waals surface area contributed by atoms with E-state index >= 15 is 0 Å². The van der Waals surface area contributed by atoms with Crippen LogP contribution in [0, 0.1) is 5.92 Å². The summed E-state index contributed by atoms with van der Waals surface area (Å²) in [5.41, 5.74) is 1.69. The van der Waals surface area contributed by atoms with E-state index < -0.39 is 36.2 Å². The van der Waals surface area contributed by atoms with Crippen molar-refractivity contribution in [2.24, 2.45) is 5.92 Å². The summed E-state index contributed by atoms with van der Waals surface area (Å²) in [4.78, 5) is 39.9. The molecular formula is C32H44N4O8. The minimum Gasteiger partial charge on any atom is -0.491 e. The molecule has 12 heteroatoms. The molecule has 3 aliphatic rings. The Morgan fingerprint density at radius 2 is 1.75 bits per heavy atom. The Morgan fingerprint density at radius 3 is 2.45 bits per heavy atom. The number of hydrogen-bond donors (Lipinski definition) is 5. The van der Waals surface area contributed by atoms with E-state index in [0.29, 0.717) is 38.6 Å². The lowest BCUT2D eigenvalue weighted by molar-refractivity contribution is -0.133. The Morgan fingerprint density at radius 1 is 0.977 bits per heavy atom. The van der Waals surface area contributed by atoms with Gasteiger partial charge in [0.2, 0.25) is 11.8 Å². The van der Waals surface area contributed by atoms with E-state index in [9.17, 15) is 19.5 Å². The Labute approximate surface area is 258 Å². The van der Waals surface area contributed by atoms with Crippen LogP contribution in [0.1, 0.15) is 31.4 Å². The van der Waals surface area contributed by atoms with Gasteiger partial charge in [-0.15, -0.1) is 0 Å². The second-order valence-corrected chi connectivity index (χ2v) is 11.3. The monoisotopic (exact) mass is 612 g/mol. The van der Waals surface area contributed by atoms with Crippen LogP contribution < -0.4 is 26.0 Å². The van der Waals surface area contributed by atoms with Gasteiger partial charge in [-0.3, -0.25) is 14.9 Å². The normalized spacial score (nSPS) is 23.4. The van der Waals surface area contributed by atoms with Crippen LogP contribution in [0.15, 0.2) is 54.6 Å². The van der Waals surface area contributed by atoms with Crippen LogP contribution in [0.25, 0.3) is 0 Å². The average molecular weight is 613 g/mol. The third-order valence-corrected chi connectivity index (χ3v) is 7.54. The summed E-state index contributed by atoms with van der Waals surface area (Å²) >= 11 is 0. The molecule has 5 atom stereocenters. The molecule has 2 aromatic rings. The molecule has 0 aromatic heterocycles. The maximum Gasteiger partial charge on any atom is 0.407 e. The van der Waals surface area contributed by atoms with Gasteiger partial charge >= 0.3 is 6.09 Å². The summed E-state index contributed by atoms with van der Waals surface area (Å²) in [6.45, 7) is 5.95. The molecule has 1 unspecified atom stereocenters. The first-order chi connectivity index (χ1) is 21.3. The summed E-state index contributed by atoms with van der Waals surface area (Å²) in [5, 5.41) is 23.4. The molecule has 2 aromatic carbocycles. The Kier molecular flexibility index (Phi) is 12.8. The first-order valence-electron chi connectivity index (χ1n) is 15.2. The molecular weight excluding hydrogens is 568 g/mol. The Bertz CT molecular complexity index is 1190. The third kappa shape index (κ3) is 10.2. The number of aliphatic hydroxyl groups is 1. The molecule has 44 heavy (non-hydrogen) atoms. The van der Waals surface area contributed by atoms with Crippen LogP contribution in [0.5, 0.6) is 5.75 Å². The van der Waals surface area contributed by atoms with Gasteiger partial charge in [0.05, 0.1) is 38.6 Å². The average Bonchev–Trinajstić information content (AvgIpc) is 3.52. The number of carbonyl (C=O) groups excluding carboxylic acids is 3. The van der Waals surface area contributed by atoms with Gasteiger partial charge in [0.25, 0.3) is 0 Å². The molecule has 3 heterocycles. The van der Waals surface area contributed by atoms with Gasteiger partial charge in [0.15, 0.2) is 0 Å². The number of ether oxygens (including phenoxy) is 4. The van der Waals surface area contributed by atoms with E-state index in [0.717, 1.165) is 11.1 Å². The number of aliphatic hydroxyl groups excluding tert-OH is 1. The van der Waals surface area contributed by atoms with E-state index in [4.69, 9.17) is 18.9 Å². The van der Waals surface area contributed by atoms with Crippen molar-refractivity contribution < 1.29 is 38.4 Å². The fourth-order valence-electron chi connectivity index (χ4n) is 5.05. The molecule has 0 spiro atoms. The van der Waals surface area contributed by atoms with Crippen molar-refractivity contribution in [2.45, 2.75) is 63.6 Å². The van der Waals surface area contributed by atoms with E-state index in [1.54, 1.807) is 0 Å². The number of rotatable bonds is 7. The first-order valence-corrected chi connectivity index (χ1v) is 15.2. The van der Waals surface area contributed by atoms with Crippen molar-refractivity contribution in [3.63, 3.8) is 0 Å². The van der Waals surface area contributed by atoms with Crippen molar-refractivity contribution in [3.8, 4) is 5.75 Å². The topological polar surface area (TPSA) is 156 Å². The highest BCUT2D eigenvalue weighted by Gasteiger charge is 2.37.